The van der Waals surface area contributed by atoms with Crippen molar-refractivity contribution in [2.24, 2.45) is 0 Å². The summed E-state index contributed by atoms with van der Waals surface area (Å²) < 4.78 is 109. The molecular weight excluding hydrogens is 789 g/mol. The molecule has 0 atom stereocenters. The third kappa shape index (κ3) is 9.53. The molecule has 2 aromatic heterocycles. The van der Waals surface area contributed by atoms with Gasteiger partial charge in [-0.2, -0.15) is 31.3 Å². The van der Waals surface area contributed by atoms with Crippen molar-refractivity contribution in [2.75, 3.05) is 18.1 Å². The Hall–Kier alpha value is -2.83. The van der Waals surface area contributed by atoms with Crippen LogP contribution in [0.5, 0.6) is 5.88 Å². The number of rotatable bonds is 10. The first-order valence-corrected chi connectivity index (χ1v) is 17.7. The largest absolute Gasteiger partial charge is 0.435 e. The Balaban J connectivity index is 0.000000319. The molecular formula is C28H26Cl3F7N5O5PS. The second-order valence-electron chi connectivity index (χ2n) is 9.84. The Labute approximate surface area is 301 Å². The molecule has 274 valence electrons. The molecule has 3 aromatic rings. The SMILES string of the molecule is CC(=O)N1C(=O)N(NCc2cccnc2)Cc2cc(C(F)(C(F)(F)F)C(F)(F)F)ccc21.CCOP(=S)(OCC)Oc1nc(Cl)c(Cl)cc1Cl. The number of urea groups is 1. The summed E-state index contributed by atoms with van der Waals surface area (Å²) in [5.41, 5.74) is -4.62. The molecule has 0 spiro atoms. The van der Waals surface area contributed by atoms with Crippen molar-refractivity contribution >= 4 is 71.0 Å². The van der Waals surface area contributed by atoms with Gasteiger partial charge < -0.3 is 4.52 Å². The maximum Gasteiger partial charge on any atom is 0.435 e. The van der Waals surface area contributed by atoms with Crippen LogP contribution in [0.2, 0.25) is 15.2 Å². The zero-order chi connectivity index (χ0) is 37.7. The van der Waals surface area contributed by atoms with Crippen LogP contribution in [0.1, 0.15) is 37.5 Å². The molecule has 3 heterocycles. The third-order valence-corrected chi connectivity index (χ3v) is 9.73. The molecule has 1 N–H and O–H groups in total. The number of pyridine rings is 2. The minimum absolute atomic E-state index is 0.0124. The molecule has 10 nitrogen and oxygen atoms in total. The number of alkyl halides is 7. The van der Waals surface area contributed by atoms with Gasteiger partial charge in [0.2, 0.25) is 11.8 Å². The molecule has 0 fully saturated rings. The van der Waals surface area contributed by atoms with Gasteiger partial charge in [0, 0.05) is 43.2 Å². The van der Waals surface area contributed by atoms with E-state index >= 15 is 0 Å². The first-order chi connectivity index (χ1) is 23.2. The Morgan fingerprint density at radius 3 is 2.14 bits per heavy atom. The minimum Gasteiger partial charge on any atom is -0.404 e. The summed E-state index contributed by atoms with van der Waals surface area (Å²) in [4.78, 5) is 33.0. The number of fused-ring (bicyclic) bond motifs is 1. The van der Waals surface area contributed by atoms with Gasteiger partial charge >= 0.3 is 30.8 Å². The molecule has 1 aromatic carbocycles. The average molecular weight is 815 g/mol. The van der Waals surface area contributed by atoms with Crippen LogP contribution >= 0.6 is 41.5 Å². The monoisotopic (exact) mass is 813 g/mol. The summed E-state index contributed by atoms with van der Waals surface area (Å²) >= 11 is 22.7. The van der Waals surface area contributed by atoms with Gasteiger partial charge in [-0.1, -0.05) is 46.9 Å². The van der Waals surface area contributed by atoms with Crippen molar-refractivity contribution in [1.29, 1.82) is 0 Å². The maximum atomic E-state index is 14.5. The Bertz CT molecular complexity index is 1720. The van der Waals surface area contributed by atoms with Crippen LogP contribution in [0.25, 0.3) is 0 Å². The quantitative estimate of drug-likeness (QED) is 0.122. The number of carbonyl (C=O) groups is 2. The molecule has 0 saturated heterocycles. The summed E-state index contributed by atoms with van der Waals surface area (Å²) in [7, 11) is 0. The Morgan fingerprint density at radius 2 is 1.62 bits per heavy atom. The van der Waals surface area contributed by atoms with E-state index in [1.807, 2.05) is 0 Å². The number of nitrogens with one attached hydrogen (secondary N) is 1. The molecule has 22 heteroatoms. The number of anilines is 1. The normalized spacial score (nSPS) is 13.8. The van der Waals surface area contributed by atoms with Gasteiger partial charge in [-0.15, -0.1) is 0 Å². The molecule has 3 amide bonds. The number of hydrogen-bond acceptors (Lipinski definition) is 9. The van der Waals surface area contributed by atoms with E-state index in [1.54, 1.807) is 26.0 Å². The van der Waals surface area contributed by atoms with Crippen LogP contribution in [-0.2, 0) is 44.4 Å². The van der Waals surface area contributed by atoms with Crippen molar-refractivity contribution in [3.05, 3.63) is 80.7 Å². The zero-order valence-electron chi connectivity index (χ0n) is 25.9. The lowest BCUT2D eigenvalue weighted by atomic mass is 9.91. The second kappa shape index (κ2) is 16.7. The molecule has 1 aliphatic heterocycles. The van der Waals surface area contributed by atoms with E-state index in [0.29, 0.717) is 35.8 Å². The highest BCUT2D eigenvalue weighted by Crippen LogP contribution is 2.54. The van der Waals surface area contributed by atoms with Crippen molar-refractivity contribution in [3.63, 3.8) is 0 Å². The second-order valence-corrected chi connectivity index (χ2v) is 13.9. The number of hydrogen-bond donors (Lipinski definition) is 1. The van der Waals surface area contributed by atoms with Crippen LogP contribution in [0.4, 0.5) is 41.2 Å². The van der Waals surface area contributed by atoms with E-state index in [1.165, 1.54) is 18.5 Å². The summed E-state index contributed by atoms with van der Waals surface area (Å²) in [6, 6.07) is 5.08. The molecule has 0 saturated carbocycles. The standard InChI is InChI=1S/C19H15F7N4O2.C9H11Cl3NO3PS/c1-11(31)30-15-5-4-14(17(20,18(21,22)23)19(24,25)26)7-13(15)10-29(16(30)32)28-9-12-3-2-6-27-8-12;1-3-14-17(18,15-4-2)16-9-7(11)5-6(10)8(12)13-9/h2-8,28H,9-10H2,1H3;5H,3-4H2,1-2H3. The highest BCUT2D eigenvalue weighted by molar-refractivity contribution is 8.07. The molecule has 0 unspecified atom stereocenters. The maximum absolute atomic E-state index is 14.5. The van der Waals surface area contributed by atoms with Gasteiger partial charge in [-0.05, 0) is 49.2 Å². The number of amides is 3. The van der Waals surface area contributed by atoms with Crippen molar-refractivity contribution in [2.45, 2.75) is 51.9 Å². The average Bonchev–Trinajstić information content (AvgIpc) is 3.01. The van der Waals surface area contributed by atoms with Gasteiger partial charge in [0.25, 0.3) is 0 Å². The number of nitrogens with zero attached hydrogens (tertiary/aromatic N) is 4. The lowest BCUT2D eigenvalue weighted by Gasteiger charge is -2.37. The number of carbonyl (C=O) groups excluding carboxylic acids is 2. The molecule has 1 aliphatic rings. The number of benzene rings is 1. The van der Waals surface area contributed by atoms with Crippen LogP contribution in [0.15, 0.2) is 48.8 Å². The minimum atomic E-state index is -6.29. The number of hydrazine groups is 1. The van der Waals surface area contributed by atoms with Gasteiger partial charge in [-0.3, -0.25) is 23.8 Å². The van der Waals surface area contributed by atoms with Gasteiger partial charge in [0.15, 0.2) is 5.15 Å². The fourth-order valence-corrected chi connectivity index (χ4v) is 6.81. The lowest BCUT2D eigenvalue weighted by molar-refractivity contribution is -0.348. The van der Waals surface area contributed by atoms with E-state index in [0.717, 1.165) is 11.9 Å². The van der Waals surface area contributed by atoms with Crippen LogP contribution < -0.4 is 14.8 Å². The molecule has 0 radical (unpaired) electrons. The fraction of sp³-hybridized carbons (Fsp3) is 0.357. The van der Waals surface area contributed by atoms with E-state index in [-0.39, 0.29) is 44.9 Å². The molecule has 0 aliphatic carbocycles. The zero-order valence-corrected chi connectivity index (χ0v) is 29.9. The predicted octanol–water partition coefficient (Wildman–Crippen LogP) is 9.08. The Morgan fingerprint density at radius 1 is 1.00 bits per heavy atom. The van der Waals surface area contributed by atoms with Crippen molar-refractivity contribution in [3.8, 4) is 5.88 Å². The van der Waals surface area contributed by atoms with E-state index < -0.39 is 48.8 Å². The highest BCUT2D eigenvalue weighted by atomic mass is 35.5. The Kier molecular flexibility index (Phi) is 13.9. The summed E-state index contributed by atoms with van der Waals surface area (Å²) in [5, 5.41) is 1.33. The van der Waals surface area contributed by atoms with E-state index in [2.05, 4.69) is 15.4 Å². The fourth-order valence-electron chi connectivity index (χ4n) is 4.22. The van der Waals surface area contributed by atoms with Crippen LogP contribution in [-0.4, -0.2) is 52.5 Å². The third-order valence-electron chi connectivity index (χ3n) is 6.39. The van der Waals surface area contributed by atoms with E-state index in [9.17, 15) is 40.3 Å². The van der Waals surface area contributed by atoms with Gasteiger partial charge in [-0.25, -0.2) is 19.5 Å². The number of halogens is 10. The van der Waals surface area contributed by atoms with Crippen molar-refractivity contribution < 1.29 is 53.9 Å². The van der Waals surface area contributed by atoms with Crippen LogP contribution in [0, 0.1) is 0 Å². The van der Waals surface area contributed by atoms with Crippen LogP contribution in [0.3, 0.4) is 0 Å². The van der Waals surface area contributed by atoms with E-state index in [4.69, 9.17) is 60.2 Å². The first kappa shape index (κ1) is 41.6. The lowest BCUT2D eigenvalue weighted by Crippen LogP contribution is -2.54. The smallest absolute Gasteiger partial charge is 0.404 e. The predicted molar refractivity (Wildman–Crippen MR) is 174 cm³/mol. The molecule has 4 rings (SSSR count). The van der Waals surface area contributed by atoms with Gasteiger partial charge in [0.05, 0.1) is 30.5 Å². The topological polar surface area (TPSA) is 106 Å². The number of imide groups is 1. The summed E-state index contributed by atoms with van der Waals surface area (Å²) in [6.07, 6.45) is -9.62. The van der Waals surface area contributed by atoms with Gasteiger partial charge in [0.1, 0.15) is 5.02 Å². The summed E-state index contributed by atoms with van der Waals surface area (Å²) in [6.45, 7) is 1.85. The summed E-state index contributed by atoms with van der Waals surface area (Å²) in [5.74, 6) is -0.786. The molecule has 50 heavy (non-hydrogen) atoms. The van der Waals surface area contributed by atoms with Crippen molar-refractivity contribution in [1.82, 2.24) is 20.4 Å². The highest BCUT2D eigenvalue weighted by Gasteiger charge is 2.73. The first-order valence-electron chi connectivity index (χ1n) is 14.0. The number of aromatic nitrogens is 2. The molecule has 0 bridgehead atoms.